The number of hydrogen-bond acceptors (Lipinski definition) is 1. The number of carbonyl (C=O) groups is 1. The van der Waals surface area contributed by atoms with Gasteiger partial charge in [-0.25, -0.2) is 0 Å². The number of hydrogen-bond donors (Lipinski definition) is 0. The lowest BCUT2D eigenvalue weighted by molar-refractivity contribution is 0.104. The van der Waals surface area contributed by atoms with Crippen LogP contribution in [-0.2, 0) is 0 Å². The van der Waals surface area contributed by atoms with Crippen LogP contribution in [0.15, 0.2) is 108 Å². The standard InChI is InChI=1S/C27H20BBrO/c28-25-14-8-7-13-22(25)27(30)16-15-21-17-23(19-9-3-1-4-10-19)24(18-26(21)29)20-11-5-2-6-12-20/h1-18H,28H2/b16-15+. The fourth-order valence-corrected chi connectivity index (χ4v) is 4.01. The lowest BCUT2D eigenvalue weighted by Crippen LogP contribution is -2.13. The highest BCUT2D eigenvalue weighted by Gasteiger charge is 2.12. The van der Waals surface area contributed by atoms with E-state index >= 15 is 0 Å². The van der Waals surface area contributed by atoms with Crippen LogP contribution in [0.25, 0.3) is 28.3 Å². The predicted octanol–water partition coefficient (Wildman–Crippen LogP) is 5.94. The van der Waals surface area contributed by atoms with Crippen LogP contribution in [0.3, 0.4) is 0 Å². The largest absolute Gasteiger partial charge is 0.289 e. The van der Waals surface area contributed by atoms with Gasteiger partial charge in [0, 0.05) is 10.0 Å². The molecule has 0 radical (unpaired) electrons. The molecule has 0 aliphatic heterocycles. The average molecular weight is 451 g/mol. The summed E-state index contributed by atoms with van der Waals surface area (Å²) in [6.07, 6.45) is 3.54. The topological polar surface area (TPSA) is 17.1 Å². The van der Waals surface area contributed by atoms with Crippen LogP contribution in [0.2, 0.25) is 0 Å². The SMILES string of the molecule is Bc1ccccc1C(=O)/C=C/c1cc(-c2ccccc2)c(-c2ccccc2)cc1Br. The van der Waals surface area contributed by atoms with Crippen LogP contribution in [0.4, 0.5) is 0 Å². The monoisotopic (exact) mass is 450 g/mol. The molecule has 144 valence electrons. The molecule has 0 N–H and O–H groups in total. The molecule has 0 aliphatic carbocycles. The first kappa shape index (κ1) is 20.1. The molecule has 0 saturated heterocycles. The van der Waals surface area contributed by atoms with Gasteiger partial charge < -0.3 is 0 Å². The minimum atomic E-state index is 0.00778. The maximum Gasteiger partial charge on any atom is 0.185 e. The smallest absolute Gasteiger partial charge is 0.185 e. The second kappa shape index (κ2) is 9.10. The highest BCUT2D eigenvalue weighted by atomic mass is 79.9. The number of rotatable bonds is 5. The summed E-state index contributed by atoms with van der Waals surface area (Å²) in [5.74, 6) is 0.00778. The molecule has 0 amide bonds. The van der Waals surface area contributed by atoms with Crippen molar-refractivity contribution in [2.45, 2.75) is 0 Å². The van der Waals surface area contributed by atoms with Crippen molar-refractivity contribution < 1.29 is 4.79 Å². The molecule has 0 fully saturated rings. The van der Waals surface area contributed by atoms with E-state index in [-0.39, 0.29) is 5.78 Å². The molecule has 3 heteroatoms. The molecule has 0 bridgehead atoms. The van der Waals surface area contributed by atoms with Gasteiger partial charge in [0.1, 0.15) is 7.85 Å². The minimum Gasteiger partial charge on any atom is -0.289 e. The van der Waals surface area contributed by atoms with Gasteiger partial charge in [0.05, 0.1) is 0 Å². The van der Waals surface area contributed by atoms with E-state index in [2.05, 4.69) is 52.3 Å². The molecule has 1 nitrogen and oxygen atoms in total. The Morgan fingerprint density at radius 3 is 1.87 bits per heavy atom. The van der Waals surface area contributed by atoms with Gasteiger partial charge in [-0.3, -0.25) is 4.79 Å². The Hall–Kier alpha value is -3.17. The number of carbonyl (C=O) groups excluding carboxylic acids is 1. The van der Waals surface area contributed by atoms with Gasteiger partial charge in [0.2, 0.25) is 0 Å². The van der Waals surface area contributed by atoms with Crippen LogP contribution in [0, 0.1) is 0 Å². The van der Waals surface area contributed by atoms with Crippen LogP contribution in [-0.4, -0.2) is 13.6 Å². The highest BCUT2D eigenvalue weighted by molar-refractivity contribution is 9.10. The first-order chi connectivity index (χ1) is 14.6. The Morgan fingerprint density at radius 2 is 1.27 bits per heavy atom. The molecule has 0 saturated carbocycles. The second-order valence-corrected chi connectivity index (χ2v) is 8.02. The third-order valence-corrected chi connectivity index (χ3v) is 5.82. The van der Waals surface area contributed by atoms with E-state index < -0.39 is 0 Å². The Balaban J connectivity index is 1.78. The molecule has 0 aromatic heterocycles. The third-order valence-electron chi connectivity index (χ3n) is 5.13. The molecule has 0 unspecified atom stereocenters. The van der Waals surface area contributed by atoms with Crippen molar-refractivity contribution in [2.24, 2.45) is 0 Å². The van der Waals surface area contributed by atoms with Gasteiger partial charge in [-0.2, -0.15) is 0 Å². The Bertz CT molecular complexity index is 1210. The fraction of sp³-hybridized carbons (Fsp3) is 0. The van der Waals surface area contributed by atoms with Gasteiger partial charge in [0.15, 0.2) is 5.78 Å². The molecule has 30 heavy (non-hydrogen) atoms. The van der Waals surface area contributed by atoms with E-state index in [4.69, 9.17) is 0 Å². The molecular formula is C27H20BBrO. The Labute approximate surface area is 186 Å². The van der Waals surface area contributed by atoms with Crippen molar-refractivity contribution in [3.05, 3.63) is 119 Å². The van der Waals surface area contributed by atoms with Gasteiger partial charge in [0.25, 0.3) is 0 Å². The van der Waals surface area contributed by atoms with Crippen molar-refractivity contribution in [3.63, 3.8) is 0 Å². The Morgan fingerprint density at radius 1 is 0.733 bits per heavy atom. The number of allylic oxidation sites excluding steroid dienone is 1. The van der Waals surface area contributed by atoms with Crippen LogP contribution < -0.4 is 5.46 Å². The van der Waals surface area contributed by atoms with Crippen LogP contribution in [0.1, 0.15) is 15.9 Å². The molecule has 0 heterocycles. The van der Waals surface area contributed by atoms with Crippen molar-refractivity contribution in [2.75, 3.05) is 0 Å². The zero-order chi connectivity index (χ0) is 20.9. The highest BCUT2D eigenvalue weighted by Crippen LogP contribution is 2.36. The second-order valence-electron chi connectivity index (χ2n) is 7.16. The summed E-state index contributed by atoms with van der Waals surface area (Å²) in [5.41, 5.74) is 7.26. The quantitative estimate of drug-likeness (QED) is 0.209. The summed E-state index contributed by atoms with van der Waals surface area (Å²) in [7, 11) is 1.96. The van der Waals surface area contributed by atoms with E-state index in [1.54, 1.807) is 6.08 Å². The molecule has 0 atom stereocenters. The molecule has 4 aromatic rings. The van der Waals surface area contributed by atoms with Crippen molar-refractivity contribution in [1.82, 2.24) is 0 Å². The lowest BCUT2D eigenvalue weighted by atomic mass is 9.88. The van der Waals surface area contributed by atoms with Crippen LogP contribution in [0.5, 0.6) is 0 Å². The maximum absolute atomic E-state index is 12.7. The molecule has 4 rings (SSSR count). The van der Waals surface area contributed by atoms with Gasteiger partial charge >= 0.3 is 0 Å². The van der Waals surface area contributed by atoms with Crippen molar-refractivity contribution in [3.8, 4) is 22.3 Å². The van der Waals surface area contributed by atoms with E-state index in [1.807, 2.05) is 74.6 Å². The molecule has 4 aromatic carbocycles. The summed E-state index contributed by atoms with van der Waals surface area (Å²) in [6.45, 7) is 0. The molecule has 0 aliphatic rings. The number of ketones is 1. The van der Waals surface area contributed by atoms with E-state index in [0.717, 1.165) is 43.3 Å². The first-order valence-corrected chi connectivity index (χ1v) is 10.7. The van der Waals surface area contributed by atoms with E-state index in [1.165, 1.54) is 0 Å². The van der Waals surface area contributed by atoms with Crippen molar-refractivity contribution >= 4 is 41.1 Å². The summed E-state index contributed by atoms with van der Waals surface area (Å²) in [6, 6.07) is 32.6. The first-order valence-electron chi connectivity index (χ1n) is 9.86. The summed E-state index contributed by atoms with van der Waals surface area (Å²) in [5, 5.41) is 0. The van der Waals surface area contributed by atoms with E-state index in [9.17, 15) is 4.79 Å². The summed E-state index contributed by atoms with van der Waals surface area (Å²) in [4.78, 5) is 12.7. The third kappa shape index (κ3) is 4.37. The summed E-state index contributed by atoms with van der Waals surface area (Å²) >= 11 is 3.71. The van der Waals surface area contributed by atoms with E-state index in [0.29, 0.717) is 0 Å². The van der Waals surface area contributed by atoms with Crippen molar-refractivity contribution in [1.29, 1.82) is 0 Å². The number of halogens is 1. The Kier molecular flexibility index (Phi) is 6.11. The van der Waals surface area contributed by atoms with Gasteiger partial charge in [-0.05, 0) is 52.1 Å². The normalized spacial score (nSPS) is 11.0. The molecular weight excluding hydrogens is 431 g/mol. The average Bonchev–Trinajstić information content (AvgIpc) is 2.79. The maximum atomic E-state index is 12.7. The minimum absolute atomic E-state index is 0.00778. The lowest BCUT2D eigenvalue weighted by Gasteiger charge is -2.13. The zero-order valence-corrected chi connectivity index (χ0v) is 18.3. The summed E-state index contributed by atoms with van der Waals surface area (Å²) < 4.78 is 0.954. The zero-order valence-electron chi connectivity index (χ0n) is 16.7. The number of benzene rings is 4. The fourth-order valence-electron chi connectivity index (χ4n) is 3.54. The van der Waals surface area contributed by atoms with Gasteiger partial charge in [-0.1, -0.05) is 106 Å². The van der Waals surface area contributed by atoms with Crippen LogP contribution >= 0.6 is 15.9 Å². The predicted molar refractivity (Wildman–Crippen MR) is 133 cm³/mol. The molecule has 0 spiro atoms. The van der Waals surface area contributed by atoms with Gasteiger partial charge in [-0.15, -0.1) is 0 Å².